The van der Waals surface area contributed by atoms with Gasteiger partial charge in [0.1, 0.15) is 5.82 Å². The van der Waals surface area contributed by atoms with Crippen LogP contribution in [-0.2, 0) is 6.42 Å². The Labute approximate surface area is 103 Å². The van der Waals surface area contributed by atoms with Crippen LogP contribution >= 0.6 is 0 Å². The van der Waals surface area contributed by atoms with E-state index in [1.807, 2.05) is 13.1 Å². The number of halogens is 1. The Kier molecular flexibility index (Phi) is 4.16. The molecule has 0 spiro atoms. The van der Waals surface area contributed by atoms with Gasteiger partial charge in [-0.25, -0.2) is 4.39 Å². The molecule has 0 radical (unpaired) electrons. The highest BCUT2D eigenvalue weighted by atomic mass is 19.1. The van der Waals surface area contributed by atoms with Crippen molar-refractivity contribution in [1.82, 2.24) is 5.32 Å². The normalized spacial score (nSPS) is 18.5. The Balaban J connectivity index is 2.09. The fraction of sp³-hybridized carbons (Fsp3) is 0.600. The topological polar surface area (TPSA) is 12.0 Å². The van der Waals surface area contributed by atoms with E-state index >= 15 is 0 Å². The van der Waals surface area contributed by atoms with Crippen molar-refractivity contribution in [3.63, 3.8) is 0 Å². The highest BCUT2D eigenvalue weighted by Crippen LogP contribution is 2.29. The van der Waals surface area contributed by atoms with Gasteiger partial charge in [-0.1, -0.05) is 18.9 Å². The highest BCUT2D eigenvalue weighted by Gasteiger charge is 2.24. The smallest absolute Gasteiger partial charge is 0.123 e. The summed E-state index contributed by atoms with van der Waals surface area (Å²) in [5, 5.41) is 3.42. The third kappa shape index (κ3) is 3.06. The molecule has 2 rings (SSSR count). The van der Waals surface area contributed by atoms with E-state index in [2.05, 4.69) is 12.2 Å². The quantitative estimate of drug-likeness (QED) is 0.842. The van der Waals surface area contributed by atoms with E-state index in [9.17, 15) is 4.39 Å². The molecular weight excluding hydrogens is 213 g/mol. The lowest BCUT2D eigenvalue weighted by Gasteiger charge is -2.23. The molecule has 0 bridgehead atoms. The van der Waals surface area contributed by atoms with Gasteiger partial charge in [0, 0.05) is 6.04 Å². The first-order chi connectivity index (χ1) is 8.20. The summed E-state index contributed by atoms with van der Waals surface area (Å²) >= 11 is 0. The maximum Gasteiger partial charge on any atom is 0.123 e. The number of rotatable bonds is 4. The van der Waals surface area contributed by atoms with Crippen LogP contribution in [-0.4, -0.2) is 13.1 Å². The Bertz CT molecular complexity index is 369. The number of aryl methyl sites for hydroxylation is 1. The predicted octanol–water partition coefficient (Wildman–Crippen LogP) is 3.45. The molecule has 1 atom stereocenters. The Morgan fingerprint density at radius 1 is 1.35 bits per heavy atom. The summed E-state index contributed by atoms with van der Waals surface area (Å²) in [4.78, 5) is 0. The second-order valence-corrected chi connectivity index (χ2v) is 5.21. The molecule has 1 aromatic carbocycles. The zero-order valence-corrected chi connectivity index (χ0v) is 10.8. The molecule has 2 heteroatoms. The molecule has 0 aliphatic heterocycles. The Morgan fingerprint density at radius 2 is 2.06 bits per heavy atom. The molecule has 1 N–H and O–H groups in total. The molecule has 1 fully saturated rings. The van der Waals surface area contributed by atoms with Crippen molar-refractivity contribution in [2.75, 3.05) is 7.05 Å². The van der Waals surface area contributed by atoms with Gasteiger partial charge in [-0.05, 0) is 62.4 Å². The fourth-order valence-electron chi connectivity index (χ4n) is 2.96. The first-order valence-corrected chi connectivity index (χ1v) is 6.63. The van der Waals surface area contributed by atoms with Crippen LogP contribution < -0.4 is 5.32 Å². The van der Waals surface area contributed by atoms with Gasteiger partial charge in [0.15, 0.2) is 0 Å². The lowest BCUT2D eigenvalue weighted by Crippen LogP contribution is -2.34. The van der Waals surface area contributed by atoms with Crippen LogP contribution in [0.5, 0.6) is 0 Å². The molecule has 0 saturated heterocycles. The number of benzene rings is 1. The number of nitrogens with one attached hydrogen (secondary N) is 1. The van der Waals surface area contributed by atoms with E-state index < -0.39 is 0 Å². The fourth-order valence-corrected chi connectivity index (χ4v) is 2.96. The molecule has 1 saturated carbocycles. The predicted molar refractivity (Wildman–Crippen MR) is 69.6 cm³/mol. The van der Waals surface area contributed by atoms with Crippen LogP contribution in [0, 0.1) is 18.7 Å². The van der Waals surface area contributed by atoms with Crippen molar-refractivity contribution >= 4 is 0 Å². The van der Waals surface area contributed by atoms with Gasteiger partial charge in [0.05, 0.1) is 0 Å². The first-order valence-electron chi connectivity index (χ1n) is 6.63. The van der Waals surface area contributed by atoms with Crippen LogP contribution in [0.4, 0.5) is 4.39 Å². The molecule has 94 valence electrons. The third-order valence-corrected chi connectivity index (χ3v) is 4.09. The lowest BCUT2D eigenvalue weighted by molar-refractivity contribution is 0.376. The summed E-state index contributed by atoms with van der Waals surface area (Å²) in [5.41, 5.74) is 2.35. The summed E-state index contributed by atoms with van der Waals surface area (Å²) in [7, 11) is 2.03. The highest BCUT2D eigenvalue weighted by molar-refractivity contribution is 5.27. The van der Waals surface area contributed by atoms with Crippen molar-refractivity contribution in [3.05, 3.63) is 35.1 Å². The van der Waals surface area contributed by atoms with Crippen molar-refractivity contribution in [2.45, 2.75) is 45.1 Å². The molecule has 1 nitrogen and oxygen atoms in total. The van der Waals surface area contributed by atoms with Gasteiger partial charge in [-0.3, -0.25) is 0 Å². The van der Waals surface area contributed by atoms with Gasteiger partial charge in [-0.2, -0.15) is 0 Å². The number of likely N-dealkylation sites (N-methyl/N-ethyl adjacent to an activating group) is 1. The van der Waals surface area contributed by atoms with E-state index in [1.54, 1.807) is 12.1 Å². The Morgan fingerprint density at radius 3 is 2.71 bits per heavy atom. The monoisotopic (exact) mass is 235 g/mol. The first kappa shape index (κ1) is 12.6. The van der Waals surface area contributed by atoms with Gasteiger partial charge >= 0.3 is 0 Å². The van der Waals surface area contributed by atoms with Crippen molar-refractivity contribution < 1.29 is 4.39 Å². The van der Waals surface area contributed by atoms with E-state index in [0.717, 1.165) is 17.9 Å². The van der Waals surface area contributed by atoms with Gasteiger partial charge < -0.3 is 5.32 Å². The summed E-state index contributed by atoms with van der Waals surface area (Å²) in [6.07, 6.45) is 6.29. The van der Waals surface area contributed by atoms with Crippen LogP contribution in [0.25, 0.3) is 0 Å². The summed E-state index contributed by atoms with van der Waals surface area (Å²) in [6.45, 7) is 2.07. The molecular formula is C15H22FN. The van der Waals surface area contributed by atoms with Crippen LogP contribution in [0.15, 0.2) is 18.2 Å². The largest absolute Gasteiger partial charge is 0.316 e. The maximum absolute atomic E-state index is 13.3. The average molecular weight is 235 g/mol. The third-order valence-electron chi connectivity index (χ3n) is 4.09. The van der Waals surface area contributed by atoms with E-state index in [1.165, 1.54) is 31.2 Å². The number of hydrogen-bond donors (Lipinski definition) is 1. The van der Waals surface area contributed by atoms with E-state index in [4.69, 9.17) is 0 Å². The van der Waals surface area contributed by atoms with Crippen LogP contribution in [0.1, 0.15) is 36.8 Å². The standard InChI is InChI=1S/C15H22FN/c1-11-7-8-14(16)9-13(11)10-15(17-2)12-5-3-4-6-12/h7-9,12,15,17H,3-6,10H2,1-2H3. The minimum atomic E-state index is -0.119. The second kappa shape index (κ2) is 5.63. The van der Waals surface area contributed by atoms with Gasteiger partial charge in [0.2, 0.25) is 0 Å². The average Bonchev–Trinajstić information content (AvgIpc) is 2.84. The molecule has 1 unspecified atom stereocenters. The minimum absolute atomic E-state index is 0.119. The minimum Gasteiger partial charge on any atom is -0.316 e. The van der Waals surface area contributed by atoms with Crippen molar-refractivity contribution in [1.29, 1.82) is 0 Å². The zero-order chi connectivity index (χ0) is 12.3. The maximum atomic E-state index is 13.3. The van der Waals surface area contributed by atoms with E-state index in [0.29, 0.717) is 6.04 Å². The summed E-state index contributed by atoms with van der Waals surface area (Å²) in [6, 6.07) is 5.61. The molecule has 1 aliphatic carbocycles. The SMILES string of the molecule is CNC(Cc1cc(F)ccc1C)C1CCCC1. The molecule has 1 aliphatic rings. The van der Waals surface area contributed by atoms with E-state index in [-0.39, 0.29) is 5.82 Å². The van der Waals surface area contributed by atoms with Gasteiger partial charge in [0.25, 0.3) is 0 Å². The molecule has 1 aromatic rings. The van der Waals surface area contributed by atoms with Gasteiger partial charge in [-0.15, -0.1) is 0 Å². The molecule has 0 amide bonds. The second-order valence-electron chi connectivity index (χ2n) is 5.21. The molecule has 0 aromatic heterocycles. The van der Waals surface area contributed by atoms with Crippen LogP contribution in [0.3, 0.4) is 0 Å². The number of hydrogen-bond acceptors (Lipinski definition) is 1. The zero-order valence-electron chi connectivity index (χ0n) is 10.8. The van der Waals surface area contributed by atoms with Crippen molar-refractivity contribution in [2.24, 2.45) is 5.92 Å². The van der Waals surface area contributed by atoms with Crippen molar-refractivity contribution in [3.8, 4) is 0 Å². The summed E-state index contributed by atoms with van der Waals surface area (Å²) < 4.78 is 13.3. The molecule has 17 heavy (non-hydrogen) atoms. The molecule has 0 heterocycles. The van der Waals surface area contributed by atoms with Crippen LogP contribution in [0.2, 0.25) is 0 Å². The Hall–Kier alpha value is -0.890. The lowest BCUT2D eigenvalue weighted by atomic mass is 9.91. The summed E-state index contributed by atoms with van der Waals surface area (Å²) in [5.74, 6) is 0.648.